The molecule has 1 aromatic carbocycles. The van der Waals surface area contributed by atoms with Crippen LogP contribution in [0.15, 0.2) is 38.6 Å². The number of amides is 2. The zero-order valence-electron chi connectivity index (χ0n) is 13.7. The summed E-state index contributed by atoms with van der Waals surface area (Å²) in [5.74, 6) is -0.929. The second-order valence-corrected chi connectivity index (χ2v) is 8.77. The minimum Gasteiger partial charge on any atom is -0.340 e. The fraction of sp³-hybridized carbons (Fsp3) is 0.294. The Labute approximate surface area is 166 Å². The van der Waals surface area contributed by atoms with Gasteiger partial charge in [-0.2, -0.15) is 0 Å². The van der Waals surface area contributed by atoms with Crippen LogP contribution in [0.1, 0.15) is 29.1 Å². The largest absolute Gasteiger partial charge is 0.340 e. The summed E-state index contributed by atoms with van der Waals surface area (Å²) < 4.78 is 15.5. The third kappa shape index (κ3) is 5.36. The Morgan fingerprint density at radius 1 is 1.28 bits per heavy atom. The van der Waals surface area contributed by atoms with Crippen LogP contribution in [0, 0.1) is 5.82 Å². The molecule has 25 heavy (non-hydrogen) atoms. The first-order chi connectivity index (χ1) is 11.8. The number of likely N-dealkylation sites (N-methyl/N-ethyl adjacent to an activating group) is 1. The molecule has 1 atom stereocenters. The standard InChI is InChI=1S/C17H17Br2FN2O2S/c1-3-22(9-11-8-12(18)4-5-13(11)20)17(24)10(2)21-16(23)14-6-7-15(19)25-14/h4-8,10H,3,9H2,1-2H3,(H,21,23). The summed E-state index contributed by atoms with van der Waals surface area (Å²) in [4.78, 5) is 26.8. The van der Waals surface area contributed by atoms with Crippen LogP contribution in [0.3, 0.4) is 0 Å². The molecule has 8 heteroatoms. The fourth-order valence-corrected chi connectivity index (χ4v) is 3.95. The first-order valence-corrected chi connectivity index (χ1v) is 10.0. The van der Waals surface area contributed by atoms with Crippen molar-refractivity contribution < 1.29 is 14.0 Å². The van der Waals surface area contributed by atoms with Crippen LogP contribution in [0.5, 0.6) is 0 Å². The van der Waals surface area contributed by atoms with Crippen molar-refractivity contribution in [1.29, 1.82) is 0 Å². The molecule has 1 unspecified atom stereocenters. The van der Waals surface area contributed by atoms with Crippen LogP contribution in [0.2, 0.25) is 0 Å². The van der Waals surface area contributed by atoms with Gasteiger partial charge < -0.3 is 10.2 Å². The molecule has 1 aromatic heterocycles. The van der Waals surface area contributed by atoms with Crippen molar-refractivity contribution in [3.8, 4) is 0 Å². The number of carbonyl (C=O) groups is 2. The normalized spacial score (nSPS) is 11.9. The van der Waals surface area contributed by atoms with Crippen molar-refractivity contribution in [2.75, 3.05) is 6.54 Å². The van der Waals surface area contributed by atoms with Crippen molar-refractivity contribution in [2.24, 2.45) is 0 Å². The summed E-state index contributed by atoms with van der Waals surface area (Å²) in [7, 11) is 0. The SMILES string of the molecule is CCN(Cc1cc(Br)ccc1F)C(=O)C(C)NC(=O)c1ccc(Br)s1. The molecule has 2 amide bonds. The van der Waals surface area contributed by atoms with Gasteiger partial charge in [0.15, 0.2) is 0 Å². The van der Waals surface area contributed by atoms with Gasteiger partial charge in [-0.3, -0.25) is 9.59 Å². The molecule has 2 aromatic rings. The lowest BCUT2D eigenvalue weighted by Gasteiger charge is -2.25. The zero-order valence-corrected chi connectivity index (χ0v) is 17.7. The number of halogens is 3. The predicted molar refractivity (Wildman–Crippen MR) is 104 cm³/mol. The molecule has 2 rings (SSSR count). The maximum atomic E-state index is 13.9. The van der Waals surface area contributed by atoms with Gasteiger partial charge in [-0.25, -0.2) is 4.39 Å². The molecule has 0 saturated heterocycles. The average Bonchev–Trinajstić information content (AvgIpc) is 3.01. The highest BCUT2D eigenvalue weighted by atomic mass is 79.9. The maximum Gasteiger partial charge on any atom is 0.262 e. The highest BCUT2D eigenvalue weighted by Gasteiger charge is 2.23. The number of hydrogen-bond acceptors (Lipinski definition) is 3. The lowest BCUT2D eigenvalue weighted by Crippen LogP contribution is -2.46. The van der Waals surface area contributed by atoms with Crippen LogP contribution < -0.4 is 5.32 Å². The van der Waals surface area contributed by atoms with Gasteiger partial charge >= 0.3 is 0 Å². The molecule has 0 bridgehead atoms. The van der Waals surface area contributed by atoms with E-state index in [9.17, 15) is 14.0 Å². The zero-order chi connectivity index (χ0) is 18.6. The van der Waals surface area contributed by atoms with Gasteiger partial charge in [0.05, 0.1) is 8.66 Å². The van der Waals surface area contributed by atoms with E-state index in [4.69, 9.17) is 0 Å². The molecule has 1 N–H and O–H groups in total. The summed E-state index contributed by atoms with van der Waals surface area (Å²) in [5, 5.41) is 2.69. The van der Waals surface area contributed by atoms with E-state index in [1.807, 2.05) is 6.92 Å². The first kappa shape index (κ1) is 20.1. The van der Waals surface area contributed by atoms with Gasteiger partial charge in [0.25, 0.3) is 5.91 Å². The fourth-order valence-electron chi connectivity index (χ4n) is 2.26. The first-order valence-electron chi connectivity index (χ1n) is 7.60. The van der Waals surface area contributed by atoms with Crippen LogP contribution in [-0.2, 0) is 11.3 Å². The summed E-state index contributed by atoms with van der Waals surface area (Å²) in [6, 6.07) is 7.38. The van der Waals surface area contributed by atoms with Crippen LogP contribution in [-0.4, -0.2) is 29.3 Å². The maximum absolute atomic E-state index is 13.9. The van der Waals surface area contributed by atoms with Crippen molar-refractivity contribution in [3.63, 3.8) is 0 Å². The topological polar surface area (TPSA) is 49.4 Å². The molecular weight excluding hydrogens is 475 g/mol. The highest BCUT2D eigenvalue weighted by Crippen LogP contribution is 2.22. The van der Waals surface area contributed by atoms with Gasteiger partial charge in [0.2, 0.25) is 5.91 Å². The molecule has 4 nitrogen and oxygen atoms in total. The van der Waals surface area contributed by atoms with Gasteiger partial charge in [-0.15, -0.1) is 11.3 Å². The van der Waals surface area contributed by atoms with Gasteiger partial charge in [0, 0.05) is 23.1 Å². The van der Waals surface area contributed by atoms with Crippen molar-refractivity contribution in [2.45, 2.75) is 26.4 Å². The monoisotopic (exact) mass is 490 g/mol. The Balaban J connectivity index is 2.05. The van der Waals surface area contributed by atoms with Crippen molar-refractivity contribution >= 4 is 55.0 Å². The third-order valence-electron chi connectivity index (χ3n) is 3.58. The number of nitrogens with one attached hydrogen (secondary N) is 1. The second kappa shape index (κ2) is 8.91. The Morgan fingerprint density at radius 3 is 2.60 bits per heavy atom. The van der Waals surface area contributed by atoms with E-state index in [1.165, 1.54) is 22.3 Å². The molecular formula is C17H17Br2FN2O2S. The summed E-state index contributed by atoms with van der Waals surface area (Å²) in [6.45, 7) is 4.00. The van der Waals surface area contributed by atoms with E-state index in [1.54, 1.807) is 31.2 Å². The number of benzene rings is 1. The van der Waals surface area contributed by atoms with E-state index in [0.717, 1.165) is 8.26 Å². The molecule has 0 radical (unpaired) electrons. The second-order valence-electron chi connectivity index (χ2n) is 5.39. The molecule has 0 aliphatic carbocycles. The average molecular weight is 492 g/mol. The number of carbonyl (C=O) groups excluding carboxylic acids is 2. The minimum atomic E-state index is -0.705. The number of nitrogens with zero attached hydrogens (tertiary/aromatic N) is 1. The van der Waals surface area contributed by atoms with E-state index in [2.05, 4.69) is 37.2 Å². The molecule has 0 saturated carbocycles. The van der Waals surface area contributed by atoms with E-state index >= 15 is 0 Å². The molecule has 134 valence electrons. The third-order valence-corrected chi connectivity index (χ3v) is 5.69. The van der Waals surface area contributed by atoms with Crippen molar-refractivity contribution in [1.82, 2.24) is 10.2 Å². The highest BCUT2D eigenvalue weighted by molar-refractivity contribution is 9.11. The summed E-state index contributed by atoms with van der Waals surface area (Å²) >= 11 is 7.90. The molecule has 0 aliphatic heterocycles. The molecule has 0 fully saturated rings. The van der Waals surface area contributed by atoms with Gasteiger partial charge in [-0.05, 0) is 60.1 Å². The number of rotatable bonds is 6. The lowest BCUT2D eigenvalue weighted by atomic mass is 10.1. The Bertz CT molecular complexity index is 782. The lowest BCUT2D eigenvalue weighted by molar-refractivity contribution is -0.133. The smallest absolute Gasteiger partial charge is 0.262 e. The van der Waals surface area contributed by atoms with E-state index in [-0.39, 0.29) is 24.2 Å². The summed E-state index contributed by atoms with van der Waals surface area (Å²) in [5.41, 5.74) is 0.422. The Hall–Kier alpha value is -1.25. The minimum absolute atomic E-state index is 0.144. The van der Waals surface area contributed by atoms with E-state index in [0.29, 0.717) is 17.0 Å². The number of thiophene rings is 1. The van der Waals surface area contributed by atoms with Crippen molar-refractivity contribution in [3.05, 3.63) is 54.8 Å². The molecule has 1 heterocycles. The number of hydrogen-bond donors (Lipinski definition) is 1. The van der Waals surface area contributed by atoms with Crippen LogP contribution in [0.4, 0.5) is 4.39 Å². The van der Waals surface area contributed by atoms with Crippen LogP contribution in [0.25, 0.3) is 0 Å². The Kier molecular flexibility index (Phi) is 7.15. The van der Waals surface area contributed by atoms with Gasteiger partial charge in [0.1, 0.15) is 11.9 Å². The molecule has 0 aliphatic rings. The Morgan fingerprint density at radius 2 is 2.00 bits per heavy atom. The molecule has 0 spiro atoms. The van der Waals surface area contributed by atoms with Gasteiger partial charge in [-0.1, -0.05) is 15.9 Å². The quantitative estimate of drug-likeness (QED) is 0.642. The summed E-state index contributed by atoms with van der Waals surface area (Å²) in [6.07, 6.45) is 0. The van der Waals surface area contributed by atoms with Crippen LogP contribution >= 0.6 is 43.2 Å². The predicted octanol–water partition coefficient (Wildman–Crippen LogP) is 4.58. The van der Waals surface area contributed by atoms with E-state index < -0.39 is 6.04 Å².